The lowest BCUT2D eigenvalue weighted by molar-refractivity contribution is -0.143. The molecule has 10 heteroatoms. The Labute approximate surface area is 171 Å². The maximum atomic E-state index is 13.6. The lowest BCUT2D eigenvalue weighted by Crippen LogP contribution is -2.45. The van der Waals surface area contributed by atoms with Crippen LogP contribution in [0.25, 0.3) is 5.82 Å². The fourth-order valence-electron chi connectivity index (χ4n) is 3.67. The Hall–Kier alpha value is -2.91. The van der Waals surface area contributed by atoms with E-state index in [1.54, 1.807) is 6.07 Å². The number of amides is 1. The maximum absolute atomic E-state index is 13.6. The van der Waals surface area contributed by atoms with E-state index in [4.69, 9.17) is 4.74 Å². The number of nitrogens with one attached hydrogen (secondary N) is 1. The standard InChI is InChI=1S/C20H23F3N4O3/c1-12-6-5-7-15(13(12)2)26-17(28)11-30-19(29)14-10-25-27(18(14)20(21,22)23)16-8-3-4-9-24-16/h3-4,8-10,12-13,15H,5-7,11H2,1-2H3,(H,26,28)/t12-,13-,15-/m1/s1. The molecular weight excluding hydrogens is 401 g/mol. The molecule has 1 aliphatic rings. The third kappa shape index (κ3) is 4.80. The van der Waals surface area contributed by atoms with Gasteiger partial charge in [0.05, 0.1) is 6.20 Å². The summed E-state index contributed by atoms with van der Waals surface area (Å²) < 4.78 is 46.2. The number of hydrogen-bond donors (Lipinski definition) is 1. The molecule has 0 aliphatic heterocycles. The fourth-order valence-corrected chi connectivity index (χ4v) is 3.67. The number of carbonyl (C=O) groups is 2. The van der Waals surface area contributed by atoms with Crippen molar-refractivity contribution >= 4 is 11.9 Å². The lowest BCUT2D eigenvalue weighted by Gasteiger charge is -2.34. The smallest absolute Gasteiger partial charge is 0.434 e. The number of ether oxygens (including phenoxy) is 1. The molecule has 0 spiro atoms. The van der Waals surface area contributed by atoms with Crippen LogP contribution in [0.1, 0.15) is 49.2 Å². The number of nitrogens with zero attached hydrogens (tertiary/aromatic N) is 3. The van der Waals surface area contributed by atoms with E-state index >= 15 is 0 Å². The Morgan fingerprint density at radius 3 is 2.70 bits per heavy atom. The zero-order valence-electron chi connectivity index (χ0n) is 16.6. The highest BCUT2D eigenvalue weighted by atomic mass is 19.4. The van der Waals surface area contributed by atoms with E-state index in [-0.39, 0.29) is 17.8 Å². The Kier molecular flexibility index (Phi) is 6.42. The van der Waals surface area contributed by atoms with Gasteiger partial charge in [-0.15, -0.1) is 0 Å². The number of esters is 1. The van der Waals surface area contributed by atoms with Crippen molar-refractivity contribution in [1.29, 1.82) is 0 Å². The van der Waals surface area contributed by atoms with Gasteiger partial charge in [-0.05, 0) is 30.4 Å². The first-order valence-electron chi connectivity index (χ1n) is 9.71. The van der Waals surface area contributed by atoms with Gasteiger partial charge >= 0.3 is 12.1 Å². The van der Waals surface area contributed by atoms with Gasteiger partial charge in [0.2, 0.25) is 0 Å². The first-order chi connectivity index (χ1) is 14.2. The molecule has 2 aromatic rings. The van der Waals surface area contributed by atoms with Crippen molar-refractivity contribution in [3.63, 3.8) is 0 Å². The molecule has 2 heterocycles. The summed E-state index contributed by atoms with van der Waals surface area (Å²) in [6, 6.07) is 4.33. The quantitative estimate of drug-likeness (QED) is 0.744. The van der Waals surface area contributed by atoms with Crippen LogP contribution in [0.15, 0.2) is 30.6 Å². The maximum Gasteiger partial charge on any atom is 0.434 e. The summed E-state index contributed by atoms with van der Waals surface area (Å²) in [7, 11) is 0. The van der Waals surface area contributed by atoms with Gasteiger partial charge in [-0.3, -0.25) is 4.79 Å². The van der Waals surface area contributed by atoms with Crippen LogP contribution < -0.4 is 5.32 Å². The highest BCUT2D eigenvalue weighted by Gasteiger charge is 2.41. The van der Waals surface area contributed by atoms with Crippen molar-refractivity contribution in [3.05, 3.63) is 41.9 Å². The van der Waals surface area contributed by atoms with Gasteiger partial charge in [0.25, 0.3) is 5.91 Å². The van der Waals surface area contributed by atoms with Crippen LogP contribution >= 0.6 is 0 Å². The first-order valence-corrected chi connectivity index (χ1v) is 9.71. The Balaban J connectivity index is 1.70. The number of rotatable bonds is 5. The van der Waals surface area contributed by atoms with Gasteiger partial charge in [-0.25, -0.2) is 14.5 Å². The predicted octanol–water partition coefficient (Wildman–Crippen LogP) is 3.38. The lowest BCUT2D eigenvalue weighted by atomic mass is 9.78. The SMILES string of the molecule is C[C@@H]1[C@H](C)CCC[C@H]1NC(=O)COC(=O)c1cnn(-c2ccccn2)c1C(F)(F)F. The molecule has 0 bridgehead atoms. The molecule has 1 fully saturated rings. The van der Waals surface area contributed by atoms with Crippen LogP contribution in [0.4, 0.5) is 13.2 Å². The third-order valence-corrected chi connectivity index (χ3v) is 5.51. The molecule has 1 saturated carbocycles. The van der Waals surface area contributed by atoms with Gasteiger partial charge in [0.15, 0.2) is 18.1 Å². The largest absolute Gasteiger partial charge is 0.452 e. The fraction of sp³-hybridized carbons (Fsp3) is 0.500. The molecule has 3 atom stereocenters. The van der Waals surface area contributed by atoms with Crippen molar-refractivity contribution in [1.82, 2.24) is 20.1 Å². The average molecular weight is 424 g/mol. The number of pyridine rings is 1. The minimum Gasteiger partial charge on any atom is -0.452 e. The number of hydrogen-bond acceptors (Lipinski definition) is 5. The number of halogens is 3. The first kappa shape index (κ1) is 21.8. The molecule has 1 N–H and O–H groups in total. The molecule has 2 aromatic heterocycles. The molecule has 0 saturated heterocycles. The Morgan fingerprint density at radius 1 is 1.27 bits per heavy atom. The zero-order valence-corrected chi connectivity index (χ0v) is 16.6. The van der Waals surface area contributed by atoms with Crippen molar-refractivity contribution in [2.45, 2.75) is 45.3 Å². The molecule has 1 amide bonds. The zero-order chi connectivity index (χ0) is 21.9. The average Bonchev–Trinajstić information content (AvgIpc) is 3.16. The normalized spacial score (nSPS) is 21.8. The predicted molar refractivity (Wildman–Crippen MR) is 101 cm³/mol. The van der Waals surface area contributed by atoms with Crippen LogP contribution in [-0.4, -0.2) is 39.3 Å². The van der Waals surface area contributed by atoms with Gasteiger partial charge < -0.3 is 10.1 Å². The monoisotopic (exact) mass is 424 g/mol. The van der Waals surface area contributed by atoms with Crippen LogP contribution in [0.5, 0.6) is 0 Å². The second-order valence-electron chi connectivity index (χ2n) is 7.52. The molecule has 1 aliphatic carbocycles. The van der Waals surface area contributed by atoms with Crippen molar-refractivity contribution in [2.24, 2.45) is 11.8 Å². The van der Waals surface area contributed by atoms with Gasteiger partial charge in [0.1, 0.15) is 5.56 Å². The highest BCUT2D eigenvalue weighted by Crippen LogP contribution is 2.33. The molecule has 0 radical (unpaired) electrons. The second kappa shape index (κ2) is 8.85. The van der Waals surface area contributed by atoms with Crippen molar-refractivity contribution < 1.29 is 27.5 Å². The third-order valence-electron chi connectivity index (χ3n) is 5.51. The minimum absolute atomic E-state index is 0.0439. The van der Waals surface area contributed by atoms with E-state index in [9.17, 15) is 22.8 Å². The summed E-state index contributed by atoms with van der Waals surface area (Å²) in [5.41, 5.74) is -2.08. The Bertz CT molecular complexity index is 898. The van der Waals surface area contributed by atoms with E-state index in [2.05, 4.69) is 22.3 Å². The van der Waals surface area contributed by atoms with Crippen molar-refractivity contribution in [3.8, 4) is 5.82 Å². The molecule has 0 unspecified atom stereocenters. The van der Waals surface area contributed by atoms with Crippen LogP contribution in [0.2, 0.25) is 0 Å². The van der Waals surface area contributed by atoms with E-state index < -0.39 is 35.9 Å². The number of alkyl halides is 3. The van der Waals surface area contributed by atoms with Gasteiger partial charge in [0, 0.05) is 12.2 Å². The van der Waals surface area contributed by atoms with E-state index in [1.165, 1.54) is 18.3 Å². The van der Waals surface area contributed by atoms with Crippen molar-refractivity contribution in [2.75, 3.05) is 6.61 Å². The van der Waals surface area contributed by atoms with Gasteiger partial charge in [-0.2, -0.15) is 18.3 Å². The molecule has 162 valence electrons. The summed E-state index contributed by atoms with van der Waals surface area (Å²) in [4.78, 5) is 28.3. The number of carbonyl (C=O) groups excluding carboxylic acids is 2. The summed E-state index contributed by atoms with van der Waals surface area (Å²) in [6.07, 6.45) is 0.0920. The van der Waals surface area contributed by atoms with Crippen LogP contribution in [-0.2, 0) is 15.7 Å². The van der Waals surface area contributed by atoms with Gasteiger partial charge in [-0.1, -0.05) is 32.8 Å². The van der Waals surface area contributed by atoms with E-state index in [1.807, 2.05) is 6.92 Å². The van der Waals surface area contributed by atoms with E-state index in [0.717, 1.165) is 25.5 Å². The molecule has 30 heavy (non-hydrogen) atoms. The van der Waals surface area contributed by atoms with E-state index in [0.29, 0.717) is 10.6 Å². The molecule has 0 aromatic carbocycles. The second-order valence-corrected chi connectivity index (χ2v) is 7.52. The molecular formula is C20H23F3N4O3. The minimum atomic E-state index is -4.88. The summed E-state index contributed by atoms with van der Waals surface area (Å²) >= 11 is 0. The number of aromatic nitrogens is 3. The van der Waals surface area contributed by atoms with Crippen LogP contribution in [0.3, 0.4) is 0 Å². The summed E-state index contributed by atoms with van der Waals surface area (Å²) in [5, 5.41) is 6.46. The summed E-state index contributed by atoms with van der Waals surface area (Å²) in [6.45, 7) is 3.49. The van der Waals surface area contributed by atoms with Crippen LogP contribution in [0, 0.1) is 11.8 Å². The molecule has 7 nitrogen and oxygen atoms in total. The highest BCUT2D eigenvalue weighted by molar-refractivity contribution is 5.92. The summed E-state index contributed by atoms with van der Waals surface area (Å²) in [5.74, 6) is -1.18. The Morgan fingerprint density at radius 2 is 2.03 bits per heavy atom. The topological polar surface area (TPSA) is 86.1 Å². The molecule has 3 rings (SSSR count).